The lowest BCUT2D eigenvalue weighted by atomic mass is 10.1. The van der Waals surface area contributed by atoms with Crippen LogP contribution in [0.1, 0.15) is 24.1 Å². The second-order valence-electron chi connectivity index (χ2n) is 4.92. The molecule has 0 radical (unpaired) electrons. The number of hydrogen-bond acceptors (Lipinski definition) is 3. The van der Waals surface area contributed by atoms with E-state index in [1.165, 1.54) is 12.1 Å². The molecule has 0 heterocycles. The number of benzene rings is 2. The topological polar surface area (TPSA) is 44.5 Å². The van der Waals surface area contributed by atoms with Crippen molar-refractivity contribution in [3.8, 4) is 11.5 Å². The molecular weight excluding hydrogens is 269 g/mol. The summed E-state index contributed by atoms with van der Waals surface area (Å²) in [5.74, 6) is 1.17. The van der Waals surface area contributed by atoms with Crippen molar-refractivity contribution in [1.29, 1.82) is 0 Å². The van der Waals surface area contributed by atoms with Gasteiger partial charge in [-0.1, -0.05) is 12.1 Å². The van der Waals surface area contributed by atoms with Gasteiger partial charge in [0, 0.05) is 18.0 Å². The second-order valence-corrected chi connectivity index (χ2v) is 4.92. The molecule has 0 aliphatic rings. The molecule has 112 valence electrons. The van der Waals surface area contributed by atoms with Gasteiger partial charge in [-0.2, -0.15) is 0 Å². The Morgan fingerprint density at radius 2 is 1.86 bits per heavy atom. The van der Waals surface area contributed by atoms with Crippen molar-refractivity contribution in [3.63, 3.8) is 0 Å². The molecule has 2 N–H and O–H groups in total. The van der Waals surface area contributed by atoms with Crippen LogP contribution in [0.5, 0.6) is 11.5 Å². The first kappa shape index (κ1) is 15.3. The molecule has 0 bridgehead atoms. The number of halogens is 1. The minimum atomic E-state index is -0.301. The Bertz CT molecular complexity index is 582. The van der Waals surface area contributed by atoms with E-state index in [0.717, 1.165) is 17.7 Å². The van der Waals surface area contributed by atoms with Crippen LogP contribution in [0.15, 0.2) is 42.5 Å². The summed E-state index contributed by atoms with van der Waals surface area (Å²) in [6.07, 6.45) is 0.764. The van der Waals surface area contributed by atoms with E-state index >= 15 is 0 Å². The lowest BCUT2D eigenvalue weighted by Gasteiger charge is -2.14. The minimum absolute atomic E-state index is 0.267. The largest absolute Gasteiger partial charge is 0.497 e. The standard InChI is InChI=1S/C17H20FNO2/c1-12(19)16-11-14(18)5-8-17(16)21-10-9-13-3-6-15(20-2)7-4-13/h3-8,11-12H,9-10,19H2,1-2H3. The molecule has 0 saturated carbocycles. The highest BCUT2D eigenvalue weighted by Gasteiger charge is 2.09. The first-order chi connectivity index (χ1) is 10.1. The third kappa shape index (κ3) is 4.20. The maximum absolute atomic E-state index is 13.2. The Balaban J connectivity index is 1.96. The maximum Gasteiger partial charge on any atom is 0.124 e. The van der Waals surface area contributed by atoms with Gasteiger partial charge >= 0.3 is 0 Å². The van der Waals surface area contributed by atoms with E-state index in [2.05, 4.69) is 0 Å². The van der Waals surface area contributed by atoms with Crippen molar-refractivity contribution in [2.75, 3.05) is 13.7 Å². The van der Waals surface area contributed by atoms with Crippen molar-refractivity contribution in [2.24, 2.45) is 5.73 Å². The van der Waals surface area contributed by atoms with E-state index < -0.39 is 0 Å². The van der Waals surface area contributed by atoms with Crippen LogP contribution in [0.3, 0.4) is 0 Å². The molecule has 2 rings (SSSR count). The molecule has 0 aromatic heterocycles. The number of rotatable bonds is 6. The molecule has 1 atom stereocenters. The van der Waals surface area contributed by atoms with Crippen LogP contribution in [0.2, 0.25) is 0 Å². The number of nitrogens with two attached hydrogens (primary N) is 1. The lowest BCUT2D eigenvalue weighted by Crippen LogP contribution is -2.10. The van der Waals surface area contributed by atoms with Gasteiger partial charge in [0.25, 0.3) is 0 Å². The predicted octanol–water partition coefficient (Wildman–Crippen LogP) is 3.48. The van der Waals surface area contributed by atoms with Crippen LogP contribution < -0.4 is 15.2 Å². The van der Waals surface area contributed by atoms with E-state index in [1.54, 1.807) is 13.2 Å². The van der Waals surface area contributed by atoms with Crippen molar-refractivity contribution in [2.45, 2.75) is 19.4 Å². The molecule has 0 aliphatic heterocycles. The van der Waals surface area contributed by atoms with Crippen LogP contribution in [0.4, 0.5) is 4.39 Å². The van der Waals surface area contributed by atoms with Gasteiger partial charge in [0.15, 0.2) is 0 Å². The first-order valence-corrected chi connectivity index (χ1v) is 6.91. The third-order valence-electron chi connectivity index (χ3n) is 3.27. The summed E-state index contributed by atoms with van der Waals surface area (Å²) in [5, 5.41) is 0. The smallest absolute Gasteiger partial charge is 0.124 e. The Labute approximate surface area is 124 Å². The van der Waals surface area contributed by atoms with Gasteiger partial charge in [0.1, 0.15) is 17.3 Å². The van der Waals surface area contributed by atoms with Crippen LogP contribution in [0, 0.1) is 5.82 Å². The summed E-state index contributed by atoms with van der Waals surface area (Å²) in [5.41, 5.74) is 7.68. The van der Waals surface area contributed by atoms with E-state index in [-0.39, 0.29) is 11.9 Å². The highest BCUT2D eigenvalue weighted by molar-refractivity contribution is 5.36. The van der Waals surface area contributed by atoms with Gasteiger partial charge in [0.05, 0.1) is 13.7 Å². The molecule has 1 unspecified atom stereocenters. The van der Waals surface area contributed by atoms with Gasteiger partial charge in [-0.25, -0.2) is 4.39 Å². The van der Waals surface area contributed by atoms with E-state index in [1.807, 2.05) is 31.2 Å². The molecular formula is C17H20FNO2. The zero-order valence-electron chi connectivity index (χ0n) is 12.3. The highest BCUT2D eigenvalue weighted by atomic mass is 19.1. The molecule has 21 heavy (non-hydrogen) atoms. The molecule has 2 aromatic carbocycles. The van der Waals surface area contributed by atoms with Crippen LogP contribution >= 0.6 is 0 Å². The van der Waals surface area contributed by atoms with E-state index in [0.29, 0.717) is 17.9 Å². The summed E-state index contributed by atoms with van der Waals surface area (Å²) >= 11 is 0. The maximum atomic E-state index is 13.2. The Morgan fingerprint density at radius 1 is 1.14 bits per heavy atom. The SMILES string of the molecule is COc1ccc(CCOc2ccc(F)cc2C(C)N)cc1. The number of ether oxygens (including phenoxy) is 2. The normalized spacial score (nSPS) is 12.0. The van der Waals surface area contributed by atoms with Gasteiger partial charge in [-0.05, 0) is 42.8 Å². The van der Waals surface area contributed by atoms with E-state index in [4.69, 9.17) is 15.2 Å². The number of hydrogen-bond donors (Lipinski definition) is 1. The quantitative estimate of drug-likeness (QED) is 0.885. The molecule has 2 aromatic rings. The Kier molecular flexibility index (Phi) is 5.17. The van der Waals surface area contributed by atoms with Crippen LogP contribution in [0.25, 0.3) is 0 Å². The van der Waals surface area contributed by atoms with Gasteiger partial charge < -0.3 is 15.2 Å². The second kappa shape index (κ2) is 7.09. The molecule has 0 spiro atoms. The van der Waals surface area contributed by atoms with Crippen molar-refractivity contribution < 1.29 is 13.9 Å². The predicted molar refractivity (Wildman–Crippen MR) is 81.2 cm³/mol. The fourth-order valence-corrected chi connectivity index (χ4v) is 2.08. The fourth-order valence-electron chi connectivity index (χ4n) is 2.08. The third-order valence-corrected chi connectivity index (χ3v) is 3.27. The molecule has 0 amide bonds. The number of methoxy groups -OCH3 is 1. The summed E-state index contributed by atoms with van der Waals surface area (Å²) in [4.78, 5) is 0. The average Bonchev–Trinajstić information content (AvgIpc) is 2.49. The van der Waals surface area contributed by atoms with Crippen molar-refractivity contribution >= 4 is 0 Å². The van der Waals surface area contributed by atoms with Gasteiger partial charge in [-0.15, -0.1) is 0 Å². The molecule has 0 aliphatic carbocycles. The van der Waals surface area contributed by atoms with Crippen LogP contribution in [-0.2, 0) is 6.42 Å². The first-order valence-electron chi connectivity index (χ1n) is 6.91. The van der Waals surface area contributed by atoms with Gasteiger partial charge in [-0.3, -0.25) is 0 Å². The zero-order chi connectivity index (χ0) is 15.2. The Morgan fingerprint density at radius 3 is 2.48 bits per heavy atom. The van der Waals surface area contributed by atoms with Crippen molar-refractivity contribution in [1.82, 2.24) is 0 Å². The lowest BCUT2D eigenvalue weighted by molar-refractivity contribution is 0.316. The summed E-state index contributed by atoms with van der Waals surface area (Å²) < 4.78 is 24.1. The monoisotopic (exact) mass is 289 g/mol. The minimum Gasteiger partial charge on any atom is -0.497 e. The summed E-state index contributed by atoms with van der Waals surface area (Å²) in [6.45, 7) is 2.32. The van der Waals surface area contributed by atoms with Gasteiger partial charge in [0.2, 0.25) is 0 Å². The molecule has 3 nitrogen and oxygen atoms in total. The van der Waals surface area contributed by atoms with Crippen molar-refractivity contribution in [3.05, 3.63) is 59.4 Å². The fraction of sp³-hybridized carbons (Fsp3) is 0.294. The zero-order valence-corrected chi connectivity index (χ0v) is 12.3. The average molecular weight is 289 g/mol. The highest BCUT2D eigenvalue weighted by Crippen LogP contribution is 2.25. The molecule has 0 saturated heterocycles. The molecule has 4 heteroatoms. The van der Waals surface area contributed by atoms with E-state index in [9.17, 15) is 4.39 Å². The molecule has 0 fully saturated rings. The Hall–Kier alpha value is -2.07. The van der Waals surface area contributed by atoms with Crippen LogP contribution in [-0.4, -0.2) is 13.7 Å². The summed E-state index contributed by atoms with van der Waals surface area (Å²) in [7, 11) is 1.64. The summed E-state index contributed by atoms with van der Waals surface area (Å²) in [6, 6.07) is 12.0.